The zero-order valence-corrected chi connectivity index (χ0v) is 24.6. The van der Waals surface area contributed by atoms with E-state index in [0.29, 0.717) is 5.56 Å². The third kappa shape index (κ3) is 6.79. The molecule has 4 aromatic carbocycles. The number of nitriles is 1. The number of anilines is 3. The maximum absolute atomic E-state index is 14.7. The zero-order valence-electron chi connectivity index (χ0n) is 23.7. The lowest BCUT2D eigenvalue weighted by atomic mass is 10.1. The van der Waals surface area contributed by atoms with Gasteiger partial charge in [-0.25, -0.2) is 9.18 Å². The normalized spacial score (nSPS) is 10.7. The minimum atomic E-state index is -1.40. The van der Waals surface area contributed by atoms with Gasteiger partial charge in [-0.2, -0.15) is 5.26 Å². The Labute approximate surface area is 258 Å². The smallest absolute Gasteiger partial charge is 0.346 e. The average molecular weight is 601 g/mol. The van der Waals surface area contributed by atoms with Crippen LogP contribution in [-0.2, 0) is 4.79 Å². The molecule has 0 atom stereocenters. The van der Waals surface area contributed by atoms with Gasteiger partial charge >= 0.3 is 5.97 Å². The molecule has 0 aliphatic carbocycles. The van der Waals surface area contributed by atoms with E-state index in [4.69, 9.17) is 19.8 Å². The number of rotatable bonds is 8. The van der Waals surface area contributed by atoms with Crippen LogP contribution in [0.2, 0.25) is 0 Å². The fourth-order valence-corrected chi connectivity index (χ4v) is 5.25. The Morgan fingerprint density at radius 1 is 0.818 bits per heavy atom. The molecule has 5 aromatic rings. The Morgan fingerprint density at radius 3 is 1.89 bits per heavy atom. The Bertz CT molecular complexity index is 1880. The second-order valence-electron chi connectivity index (χ2n) is 9.40. The second kappa shape index (κ2) is 13.4. The Kier molecular flexibility index (Phi) is 9.05. The van der Waals surface area contributed by atoms with Gasteiger partial charge in [0.25, 0.3) is 0 Å². The second-order valence-corrected chi connectivity index (χ2v) is 10.5. The molecule has 0 unspecified atom stereocenters. The molecule has 0 radical (unpaired) electrons. The number of nitrogens with zero attached hydrogens (tertiary/aromatic N) is 2. The summed E-state index contributed by atoms with van der Waals surface area (Å²) >= 11 is 1.42. The largest absolute Gasteiger partial charge is 0.497 e. The molecule has 6 nitrogen and oxygen atoms in total. The number of ether oxygens (including phenoxy) is 2. The van der Waals surface area contributed by atoms with Crippen molar-refractivity contribution in [3.8, 4) is 39.8 Å². The van der Waals surface area contributed by atoms with E-state index in [2.05, 4.69) is 16.7 Å². The van der Waals surface area contributed by atoms with Gasteiger partial charge in [-0.3, -0.25) is 0 Å². The number of methoxy groups -OCH3 is 2. The third-order valence-electron chi connectivity index (χ3n) is 6.66. The molecule has 216 valence electrons. The van der Waals surface area contributed by atoms with E-state index in [0.717, 1.165) is 50.0 Å². The maximum atomic E-state index is 14.7. The van der Waals surface area contributed by atoms with E-state index in [-0.39, 0.29) is 5.56 Å². The van der Waals surface area contributed by atoms with Crippen molar-refractivity contribution in [3.63, 3.8) is 0 Å². The highest BCUT2D eigenvalue weighted by Crippen LogP contribution is 2.36. The highest BCUT2D eigenvalue weighted by Gasteiger charge is 2.13. The van der Waals surface area contributed by atoms with Crippen molar-refractivity contribution in [2.24, 2.45) is 0 Å². The van der Waals surface area contributed by atoms with Crippen molar-refractivity contribution in [2.75, 3.05) is 19.1 Å². The summed E-state index contributed by atoms with van der Waals surface area (Å²) in [5.41, 5.74) is 3.85. The Morgan fingerprint density at radius 2 is 1.39 bits per heavy atom. The van der Waals surface area contributed by atoms with Crippen LogP contribution in [0.25, 0.3) is 16.5 Å². The van der Waals surface area contributed by atoms with Gasteiger partial charge in [0.2, 0.25) is 0 Å². The lowest BCUT2D eigenvalue weighted by molar-refractivity contribution is -0.132. The first-order valence-electron chi connectivity index (χ1n) is 13.3. The molecule has 0 saturated heterocycles. The number of benzene rings is 4. The number of carboxylic acid groups (broad SMARTS) is 1. The summed E-state index contributed by atoms with van der Waals surface area (Å²) in [5, 5.41) is 18.0. The molecular formula is C36H25FN2O4S. The summed E-state index contributed by atoms with van der Waals surface area (Å²) in [5.74, 6) is 5.91. The van der Waals surface area contributed by atoms with Crippen molar-refractivity contribution in [1.82, 2.24) is 0 Å². The summed E-state index contributed by atoms with van der Waals surface area (Å²) in [7, 11) is 3.28. The molecular weight excluding hydrogens is 575 g/mol. The summed E-state index contributed by atoms with van der Waals surface area (Å²) in [6.07, 6.45) is 1.02. The molecule has 5 rings (SSSR count). The van der Waals surface area contributed by atoms with E-state index in [9.17, 15) is 9.18 Å². The molecule has 0 amide bonds. The van der Waals surface area contributed by atoms with Gasteiger partial charge in [0, 0.05) is 33.1 Å². The third-order valence-corrected chi connectivity index (χ3v) is 7.71. The fraction of sp³-hybridized carbons (Fsp3) is 0.0556. The summed E-state index contributed by atoms with van der Waals surface area (Å²) in [6, 6.07) is 33.4. The molecule has 1 aromatic heterocycles. The minimum absolute atomic E-state index is 0.0327. The van der Waals surface area contributed by atoms with Gasteiger partial charge in [0.05, 0.1) is 19.1 Å². The first kappa shape index (κ1) is 29.7. The van der Waals surface area contributed by atoms with Crippen molar-refractivity contribution >= 4 is 40.4 Å². The molecule has 0 bridgehead atoms. The SMILES string of the molecule is COc1ccc(N(c2ccc(C#Cc3ccc(-c4ccc(/C=C(\C#N)C(=O)O)c(F)c4)s3)cc2)c2ccc(OC)cc2)cc1. The van der Waals surface area contributed by atoms with Crippen LogP contribution < -0.4 is 14.4 Å². The number of carbonyl (C=O) groups is 1. The van der Waals surface area contributed by atoms with Crippen LogP contribution in [0.3, 0.4) is 0 Å². The zero-order chi connectivity index (χ0) is 31.1. The van der Waals surface area contributed by atoms with Gasteiger partial charge in [-0.15, -0.1) is 11.3 Å². The van der Waals surface area contributed by atoms with E-state index >= 15 is 0 Å². The highest BCUT2D eigenvalue weighted by atomic mass is 32.1. The summed E-state index contributed by atoms with van der Waals surface area (Å²) < 4.78 is 25.3. The number of hydrogen-bond acceptors (Lipinski definition) is 6. The highest BCUT2D eigenvalue weighted by molar-refractivity contribution is 7.16. The average Bonchev–Trinajstić information content (AvgIpc) is 3.53. The Hall–Kier alpha value is -5.83. The quantitative estimate of drug-likeness (QED) is 0.109. The van der Waals surface area contributed by atoms with E-state index in [1.807, 2.05) is 84.9 Å². The van der Waals surface area contributed by atoms with Crippen molar-refractivity contribution in [1.29, 1.82) is 5.26 Å². The van der Waals surface area contributed by atoms with Gasteiger partial charge in [-0.05, 0) is 103 Å². The number of carboxylic acids is 1. The van der Waals surface area contributed by atoms with Crippen LogP contribution in [0.4, 0.5) is 21.5 Å². The molecule has 0 fully saturated rings. The molecule has 8 heteroatoms. The van der Waals surface area contributed by atoms with Crippen LogP contribution in [0.15, 0.2) is 109 Å². The first-order chi connectivity index (χ1) is 21.4. The fourth-order valence-electron chi connectivity index (χ4n) is 4.39. The lowest BCUT2D eigenvalue weighted by Gasteiger charge is -2.25. The van der Waals surface area contributed by atoms with Crippen molar-refractivity contribution < 1.29 is 23.8 Å². The van der Waals surface area contributed by atoms with Crippen molar-refractivity contribution in [2.45, 2.75) is 0 Å². The molecule has 1 N–H and O–H groups in total. The number of aliphatic carboxylic acids is 1. The van der Waals surface area contributed by atoms with E-state index in [1.54, 1.807) is 26.4 Å². The van der Waals surface area contributed by atoms with Crippen LogP contribution in [0.5, 0.6) is 11.5 Å². The Balaban J connectivity index is 1.36. The van der Waals surface area contributed by atoms with Gasteiger partial charge in [-0.1, -0.05) is 24.0 Å². The lowest BCUT2D eigenvalue weighted by Crippen LogP contribution is -2.09. The molecule has 44 heavy (non-hydrogen) atoms. The minimum Gasteiger partial charge on any atom is -0.497 e. The van der Waals surface area contributed by atoms with Gasteiger partial charge in [0.15, 0.2) is 0 Å². The standard InChI is InChI=1S/C36H25FN2O4S/c1-42-31-14-10-29(11-15-31)39(30-12-16-32(43-2)17-13-30)28-8-3-24(4-9-28)5-18-33-19-20-35(44-33)26-7-6-25(34(37)22-26)21-27(23-38)36(40)41/h3-4,6-17,19-22H,1-2H3,(H,40,41)/b27-21+. The van der Waals surface area contributed by atoms with Crippen molar-refractivity contribution in [3.05, 3.63) is 131 Å². The molecule has 0 aliphatic rings. The molecule has 0 spiro atoms. The predicted molar refractivity (Wildman–Crippen MR) is 171 cm³/mol. The topological polar surface area (TPSA) is 82.8 Å². The van der Waals surface area contributed by atoms with Crippen LogP contribution >= 0.6 is 11.3 Å². The molecule has 0 saturated carbocycles. The van der Waals surface area contributed by atoms with E-state index < -0.39 is 17.4 Å². The van der Waals surface area contributed by atoms with Crippen LogP contribution in [0, 0.1) is 29.0 Å². The summed E-state index contributed by atoms with van der Waals surface area (Å²) in [6.45, 7) is 0. The first-order valence-corrected chi connectivity index (χ1v) is 14.2. The van der Waals surface area contributed by atoms with Crippen LogP contribution in [0.1, 0.15) is 16.0 Å². The number of hydrogen-bond donors (Lipinski definition) is 1. The monoisotopic (exact) mass is 600 g/mol. The molecule has 1 heterocycles. The van der Waals surface area contributed by atoms with Gasteiger partial charge in [0.1, 0.15) is 29.0 Å². The predicted octanol–water partition coefficient (Wildman–Crippen LogP) is 8.43. The number of thiophene rings is 1. The van der Waals surface area contributed by atoms with Gasteiger partial charge < -0.3 is 19.5 Å². The molecule has 0 aliphatic heterocycles. The number of halogens is 1. The summed E-state index contributed by atoms with van der Waals surface area (Å²) in [4.78, 5) is 14.8. The maximum Gasteiger partial charge on any atom is 0.346 e. The van der Waals surface area contributed by atoms with Crippen LogP contribution in [-0.4, -0.2) is 25.3 Å². The van der Waals surface area contributed by atoms with E-state index in [1.165, 1.54) is 23.5 Å².